The van der Waals surface area contributed by atoms with Gasteiger partial charge >= 0.3 is 0 Å². The van der Waals surface area contributed by atoms with E-state index >= 15 is 0 Å². The average Bonchev–Trinajstić information content (AvgIpc) is 3.04. The molecule has 2 aromatic heterocycles. The van der Waals surface area contributed by atoms with Crippen LogP contribution in [0.4, 0.5) is 0 Å². The molecule has 4 nitrogen and oxygen atoms in total. The van der Waals surface area contributed by atoms with Gasteiger partial charge in [0.1, 0.15) is 0 Å². The molecule has 0 N–H and O–H groups in total. The molecule has 0 radical (unpaired) electrons. The molecule has 0 amide bonds. The van der Waals surface area contributed by atoms with Crippen molar-refractivity contribution in [1.29, 1.82) is 0 Å². The third kappa shape index (κ3) is 3.75. The van der Waals surface area contributed by atoms with Crippen molar-refractivity contribution in [3.05, 3.63) is 30.5 Å². The summed E-state index contributed by atoms with van der Waals surface area (Å²) in [6.45, 7) is 4.66. The number of fused-ring (bicyclic) bond motifs is 2. The van der Waals surface area contributed by atoms with Crippen LogP contribution < -0.4 is 4.74 Å². The van der Waals surface area contributed by atoms with E-state index in [-0.39, 0.29) is 0 Å². The maximum atomic E-state index is 5.82. The molecule has 2 fully saturated rings. The van der Waals surface area contributed by atoms with Gasteiger partial charge in [0.05, 0.1) is 12.1 Å². The SMILES string of the molecule is c1ccn2nc(OCCCCN3CCC4CCCCC4C3)cc2c1. The minimum atomic E-state index is 0.740. The molecule has 1 aliphatic carbocycles. The van der Waals surface area contributed by atoms with Crippen molar-refractivity contribution in [1.82, 2.24) is 14.5 Å². The largest absolute Gasteiger partial charge is 0.477 e. The Labute approximate surface area is 144 Å². The Morgan fingerprint density at radius 2 is 2.00 bits per heavy atom. The molecular formula is C20H29N3O. The molecule has 24 heavy (non-hydrogen) atoms. The Kier molecular flexibility index (Phi) is 5.02. The van der Waals surface area contributed by atoms with Gasteiger partial charge in [-0.1, -0.05) is 25.3 Å². The first-order valence-corrected chi connectivity index (χ1v) is 9.68. The highest BCUT2D eigenvalue weighted by Gasteiger charge is 2.30. The standard InChI is InChI=1S/C20H29N3O/c1-2-8-18-16-22(13-10-17(18)7-1)11-5-6-14-24-20-15-19-9-3-4-12-23(19)21-20/h3-4,9,12,15,17-18H,1-2,5-8,10-11,13-14,16H2. The molecule has 2 unspecified atom stereocenters. The molecule has 1 saturated heterocycles. The second kappa shape index (κ2) is 7.56. The van der Waals surface area contributed by atoms with E-state index in [0.717, 1.165) is 36.3 Å². The highest BCUT2D eigenvalue weighted by Crippen LogP contribution is 2.35. The predicted octanol–water partition coefficient (Wildman–Crippen LogP) is 4.01. The lowest BCUT2D eigenvalue weighted by atomic mass is 9.75. The summed E-state index contributed by atoms with van der Waals surface area (Å²) in [5.41, 5.74) is 1.09. The summed E-state index contributed by atoms with van der Waals surface area (Å²) in [7, 11) is 0. The van der Waals surface area contributed by atoms with Crippen molar-refractivity contribution < 1.29 is 4.74 Å². The summed E-state index contributed by atoms with van der Waals surface area (Å²) in [6, 6.07) is 8.07. The van der Waals surface area contributed by atoms with Crippen molar-refractivity contribution >= 4 is 5.52 Å². The zero-order valence-corrected chi connectivity index (χ0v) is 14.6. The van der Waals surface area contributed by atoms with Crippen LogP contribution in [0.2, 0.25) is 0 Å². The van der Waals surface area contributed by atoms with Gasteiger partial charge in [0.15, 0.2) is 0 Å². The van der Waals surface area contributed by atoms with Crippen molar-refractivity contribution in [3.63, 3.8) is 0 Å². The molecule has 1 aliphatic heterocycles. The number of aromatic nitrogens is 2. The zero-order chi connectivity index (χ0) is 16.2. The van der Waals surface area contributed by atoms with E-state index in [1.807, 2.05) is 28.9 Å². The van der Waals surface area contributed by atoms with E-state index in [2.05, 4.69) is 16.1 Å². The number of piperidine rings is 1. The van der Waals surface area contributed by atoms with Crippen molar-refractivity contribution in [2.75, 3.05) is 26.2 Å². The topological polar surface area (TPSA) is 29.8 Å². The quantitative estimate of drug-likeness (QED) is 0.751. The summed E-state index contributed by atoms with van der Waals surface area (Å²) in [5.74, 6) is 2.76. The van der Waals surface area contributed by atoms with Crippen LogP contribution in [0, 0.1) is 11.8 Å². The average molecular weight is 327 g/mol. The number of rotatable bonds is 6. The zero-order valence-electron chi connectivity index (χ0n) is 14.6. The van der Waals surface area contributed by atoms with E-state index in [4.69, 9.17) is 4.74 Å². The Morgan fingerprint density at radius 1 is 1.08 bits per heavy atom. The fourth-order valence-corrected chi connectivity index (χ4v) is 4.48. The maximum absolute atomic E-state index is 5.82. The summed E-state index contributed by atoms with van der Waals surface area (Å²) in [4.78, 5) is 2.69. The van der Waals surface area contributed by atoms with Crippen LogP contribution in [0.5, 0.6) is 5.88 Å². The van der Waals surface area contributed by atoms with Gasteiger partial charge in [-0.3, -0.25) is 0 Å². The van der Waals surface area contributed by atoms with Crippen molar-refractivity contribution in [3.8, 4) is 5.88 Å². The second-order valence-electron chi connectivity index (χ2n) is 7.50. The van der Waals surface area contributed by atoms with Crippen molar-refractivity contribution in [2.24, 2.45) is 11.8 Å². The molecular weight excluding hydrogens is 298 g/mol. The van der Waals surface area contributed by atoms with Crippen LogP contribution >= 0.6 is 0 Å². The fraction of sp³-hybridized carbons (Fsp3) is 0.650. The van der Waals surface area contributed by atoms with Gasteiger partial charge in [-0.05, 0) is 62.7 Å². The first-order chi connectivity index (χ1) is 11.9. The third-order valence-corrected chi connectivity index (χ3v) is 5.84. The number of hydrogen-bond donors (Lipinski definition) is 0. The molecule has 0 aromatic carbocycles. The van der Waals surface area contributed by atoms with Crippen LogP contribution in [-0.4, -0.2) is 40.8 Å². The second-order valence-corrected chi connectivity index (χ2v) is 7.50. The number of hydrogen-bond acceptors (Lipinski definition) is 3. The van der Waals surface area contributed by atoms with Gasteiger partial charge in [-0.2, -0.15) is 0 Å². The lowest BCUT2D eigenvalue weighted by Crippen LogP contribution is -2.42. The number of likely N-dealkylation sites (tertiary alicyclic amines) is 1. The normalized spacial score (nSPS) is 24.8. The fourth-order valence-electron chi connectivity index (χ4n) is 4.48. The van der Waals surface area contributed by atoms with Crippen LogP contribution in [0.3, 0.4) is 0 Å². The van der Waals surface area contributed by atoms with Crippen LogP contribution in [-0.2, 0) is 0 Å². The van der Waals surface area contributed by atoms with Gasteiger partial charge < -0.3 is 9.64 Å². The lowest BCUT2D eigenvalue weighted by Gasteiger charge is -2.41. The minimum absolute atomic E-state index is 0.740. The Hall–Kier alpha value is -1.55. The molecule has 2 atom stereocenters. The number of ether oxygens (including phenoxy) is 1. The molecule has 2 aromatic rings. The van der Waals surface area contributed by atoms with E-state index in [1.54, 1.807) is 0 Å². The molecule has 0 bridgehead atoms. The number of unbranched alkanes of at least 4 members (excludes halogenated alkanes) is 1. The maximum Gasteiger partial charge on any atom is 0.233 e. The first-order valence-electron chi connectivity index (χ1n) is 9.68. The summed E-state index contributed by atoms with van der Waals surface area (Å²) in [6.07, 6.45) is 11.6. The molecule has 3 heterocycles. The molecule has 1 saturated carbocycles. The number of nitrogens with zero attached hydrogens (tertiary/aromatic N) is 3. The van der Waals surface area contributed by atoms with Crippen LogP contribution in [0.15, 0.2) is 30.5 Å². The molecule has 2 aliphatic rings. The smallest absolute Gasteiger partial charge is 0.233 e. The summed E-state index contributed by atoms with van der Waals surface area (Å²) >= 11 is 0. The molecule has 4 heteroatoms. The lowest BCUT2D eigenvalue weighted by molar-refractivity contribution is 0.0848. The monoisotopic (exact) mass is 327 g/mol. The van der Waals surface area contributed by atoms with E-state index in [0.29, 0.717) is 0 Å². The van der Waals surface area contributed by atoms with Crippen molar-refractivity contribution in [2.45, 2.75) is 44.9 Å². The highest BCUT2D eigenvalue weighted by molar-refractivity contribution is 5.48. The molecule has 130 valence electrons. The molecule has 4 rings (SSSR count). The Morgan fingerprint density at radius 3 is 2.92 bits per heavy atom. The van der Waals surface area contributed by atoms with Gasteiger partial charge in [0.25, 0.3) is 0 Å². The number of pyridine rings is 1. The Balaban J connectivity index is 1.16. The summed E-state index contributed by atoms with van der Waals surface area (Å²) in [5, 5.41) is 4.43. The minimum Gasteiger partial charge on any atom is -0.477 e. The first kappa shape index (κ1) is 15.9. The predicted molar refractivity (Wildman–Crippen MR) is 96.4 cm³/mol. The van der Waals surface area contributed by atoms with Crippen LogP contribution in [0.25, 0.3) is 5.52 Å². The van der Waals surface area contributed by atoms with Gasteiger partial charge in [-0.25, -0.2) is 4.52 Å². The highest BCUT2D eigenvalue weighted by atomic mass is 16.5. The van der Waals surface area contributed by atoms with E-state index in [9.17, 15) is 0 Å². The van der Waals surface area contributed by atoms with E-state index < -0.39 is 0 Å². The van der Waals surface area contributed by atoms with Gasteiger partial charge in [-0.15, -0.1) is 5.10 Å². The van der Waals surface area contributed by atoms with E-state index in [1.165, 1.54) is 58.2 Å². The molecule has 0 spiro atoms. The van der Waals surface area contributed by atoms with Gasteiger partial charge in [0, 0.05) is 18.8 Å². The third-order valence-electron chi connectivity index (χ3n) is 5.84. The summed E-state index contributed by atoms with van der Waals surface area (Å²) < 4.78 is 7.68. The van der Waals surface area contributed by atoms with Gasteiger partial charge in [0.2, 0.25) is 5.88 Å². The van der Waals surface area contributed by atoms with Crippen LogP contribution in [0.1, 0.15) is 44.9 Å². The Bertz CT molecular complexity index is 620.